The quantitative estimate of drug-likeness (QED) is 0.0232. The van der Waals surface area contributed by atoms with Crippen molar-refractivity contribution in [1.29, 1.82) is 0 Å². The van der Waals surface area contributed by atoms with Crippen molar-refractivity contribution in [2.45, 2.75) is 212 Å². The summed E-state index contributed by atoms with van der Waals surface area (Å²) in [5, 5.41) is 8.88. The molecule has 1 unspecified atom stereocenters. The van der Waals surface area contributed by atoms with Gasteiger partial charge in [-0.05, 0) is 44.9 Å². The van der Waals surface area contributed by atoms with Gasteiger partial charge in [-0.25, -0.2) is 4.57 Å². The second-order valence-electron chi connectivity index (χ2n) is 14.8. The Bertz CT molecular complexity index is 1040. The maximum Gasteiger partial charge on any atom is 0.472 e. The maximum absolute atomic E-state index is 12.6. The van der Waals surface area contributed by atoms with E-state index >= 15 is 0 Å². The smallest absolute Gasteiger partial charge is 0.472 e. The highest BCUT2D eigenvalue weighted by atomic mass is 31.2. The van der Waals surface area contributed by atoms with Gasteiger partial charge < -0.3 is 25.2 Å². The number of carboxylic acid groups (broad SMARTS) is 1. The van der Waals surface area contributed by atoms with Gasteiger partial charge in [0.25, 0.3) is 0 Å². The van der Waals surface area contributed by atoms with Crippen LogP contribution in [0, 0.1) is 0 Å². The first-order chi connectivity index (χ1) is 26.6. The molecular weight excluding hydrogens is 721 g/mol. The molecule has 4 N–H and O–H groups in total. The zero-order valence-electron chi connectivity index (χ0n) is 34.8. The van der Waals surface area contributed by atoms with Crippen LogP contribution in [0.5, 0.6) is 0 Å². The van der Waals surface area contributed by atoms with Crippen molar-refractivity contribution in [2.75, 3.05) is 19.8 Å². The van der Waals surface area contributed by atoms with E-state index in [1.807, 2.05) is 0 Å². The van der Waals surface area contributed by atoms with Crippen LogP contribution in [0.3, 0.4) is 0 Å². The molecule has 0 aliphatic carbocycles. The number of carbonyl (C=O) groups is 3. The Labute approximate surface area is 334 Å². The number of nitrogens with two attached hydrogens (primary N) is 1. The van der Waals surface area contributed by atoms with Crippen LogP contribution in [0.4, 0.5) is 0 Å². The van der Waals surface area contributed by atoms with Crippen molar-refractivity contribution in [3.05, 3.63) is 24.3 Å². The molecule has 0 saturated carbocycles. The minimum atomic E-state index is -4.71. The summed E-state index contributed by atoms with van der Waals surface area (Å²) in [6, 6.07) is -1.52. The number of hydrogen-bond donors (Lipinski definition) is 3. The van der Waals surface area contributed by atoms with E-state index < -0.39 is 51.1 Å². The molecule has 0 spiro atoms. The minimum absolute atomic E-state index is 0.159. The number of esters is 2. The summed E-state index contributed by atoms with van der Waals surface area (Å²) in [6.07, 6.45) is 39.5. The van der Waals surface area contributed by atoms with Gasteiger partial charge in [-0.2, -0.15) is 0 Å². The summed E-state index contributed by atoms with van der Waals surface area (Å²) < 4.78 is 32.7. The minimum Gasteiger partial charge on any atom is -0.480 e. The molecule has 0 aliphatic rings. The fourth-order valence-electron chi connectivity index (χ4n) is 5.98. The Morgan fingerprint density at radius 1 is 0.564 bits per heavy atom. The number of hydrogen-bond acceptors (Lipinski definition) is 9. The van der Waals surface area contributed by atoms with Crippen LogP contribution in [0.2, 0.25) is 0 Å². The van der Waals surface area contributed by atoms with Crippen LogP contribution >= 0.6 is 7.82 Å². The van der Waals surface area contributed by atoms with Crippen molar-refractivity contribution in [3.8, 4) is 0 Å². The first-order valence-electron chi connectivity index (χ1n) is 21.9. The third kappa shape index (κ3) is 38.6. The number of allylic oxidation sites excluding steroid dienone is 4. The normalized spacial score (nSPS) is 14.0. The number of carbonyl (C=O) groups excluding carboxylic acids is 2. The summed E-state index contributed by atoms with van der Waals surface area (Å²) in [4.78, 5) is 45.9. The third-order valence-electron chi connectivity index (χ3n) is 9.45. The van der Waals surface area contributed by atoms with Crippen LogP contribution in [-0.2, 0) is 37.5 Å². The summed E-state index contributed by atoms with van der Waals surface area (Å²) >= 11 is 0. The first kappa shape index (κ1) is 53.0. The summed E-state index contributed by atoms with van der Waals surface area (Å²) in [5.74, 6) is -2.38. The molecule has 0 aromatic heterocycles. The molecule has 0 radical (unpaired) electrons. The van der Waals surface area contributed by atoms with E-state index in [2.05, 4.69) is 42.7 Å². The van der Waals surface area contributed by atoms with Gasteiger partial charge in [0.05, 0.1) is 13.2 Å². The lowest BCUT2D eigenvalue weighted by molar-refractivity contribution is -0.161. The largest absolute Gasteiger partial charge is 0.480 e. The first-order valence-corrected chi connectivity index (χ1v) is 23.4. The van der Waals surface area contributed by atoms with E-state index in [0.29, 0.717) is 12.8 Å². The number of carboxylic acids is 1. The van der Waals surface area contributed by atoms with Gasteiger partial charge in [-0.15, -0.1) is 0 Å². The SMILES string of the molecule is CCCCC/C=C\C/C=C\CCCCCCCCCCCC(=O)O[C@H](COC(=O)CCCCCCCCCCCCCC)COP(=O)(O)OC[C@H](N)C(=O)O. The fourth-order valence-corrected chi connectivity index (χ4v) is 6.76. The predicted molar refractivity (Wildman–Crippen MR) is 222 cm³/mol. The monoisotopic (exact) mass is 802 g/mol. The maximum atomic E-state index is 12.6. The lowest BCUT2D eigenvalue weighted by Gasteiger charge is -2.20. The number of phosphoric ester groups is 1. The van der Waals surface area contributed by atoms with E-state index in [1.54, 1.807) is 0 Å². The molecular formula is C43H80NO10P. The van der Waals surface area contributed by atoms with Gasteiger partial charge in [0, 0.05) is 12.8 Å². The predicted octanol–water partition coefficient (Wildman–Crippen LogP) is 11.5. The average Bonchev–Trinajstić information content (AvgIpc) is 3.16. The molecule has 0 bridgehead atoms. The molecule has 12 heteroatoms. The molecule has 322 valence electrons. The van der Waals surface area contributed by atoms with Gasteiger partial charge >= 0.3 is 25.7 Å². The molecule has 3 atom stereocenters. The van der Waals surface area contributed by atoms with Gasteiger partial charge in [0.2, 0.25) is 0 Å². The number of phosphoric acid groups is 1. The summed E-state index contributed by atoms with van der Waals surface area (Å²) in [5.41, 5.74) is 5.33. The number of unbranched alkanes of at least 4 members (excludes halogenated alkanes) is 23. The molecule has 0 amide bonds. The van der Waals surface area contributed by atoms with Gasteiger partial charge in [0.15, 0.2) is 6.10 Å². The molecule has 0 heterocycles. The highest BCUT2D eigenvalue weighted by Crippen LogP contribution is 2.43. The Hall–Kier alpha value is -2.04. The lowest BCUT2D eigenvalue weighted by Crippen LogP contribution is -2.34. The van der Waals surface area contributed by atoms with Crippen molar-refractivity contribution < 1.29 is 47.5 Å². The number of rotatable bonds is 41. The third-order valence-corrected chi connectivity index (χ3v) is 10.4. The molecule has 55 heavy (non-hydrogen) atoms. The Kier molecular flexibility index (Phi) is 37.4. The highest BCUT2D eigenvalue weighted by Gasteiger charge is 2.28. The van der Waals surface area contributed by atoms with Crippen LogP contribution in [0.1, 0.15) is 200 Å². The lowest BCUT2D eigenvalue weighted by atomic mass is 10.0. The van der Waals surface area contributed by atoms with Crippen molar-refractivity contribution >= 4 is 25.7 Å². The Morgan fingerprint density at radius 3 is 1.45 bits per heavy atom. The van der Waals surface area contributed by atoms with E-state index in [-0.39, 0.29) is 19.4 Å². The van der Waals surface area contributed by atoms with Gasteiger partial charge in [0.1, 0.15) is 12.6 Å². The number of aliphatic carboxylic acids is 1. The van der Waals surface area contributed by atoms with Crippen molar-refractivity contribution in [2.24, 2.45) is 5.73 Å². The molecule has 0 aromatic rings. The van der Waals surface area contributed by atoms with Crippen LogP contribution in [0.15, 0.2) is 24.3 Å². The van der Waals surface area contributed by atoms with Crippen LogP contribution in [-0.4, -0.2) is 59.9 Å². The van der Waals surface area contributed by atoms with Crippen LogP contribution < -0.4 is 5.73 Å². The second kappa shape index (κ2) is 38.8. The van der Waals surface area contributed by atoms with E-state index in [4.69, 9.17) is 24.8 Å². The van der Waals surface area contributed by atoms with E-state index in [1.165, 1.54) is 109 Å². The second-order valence-corrected chi connectivity index (χ2v) is 16.3. The Morgan fingerprint density at radius 2 is 0.964 bits per heavy atom. The van der Waals surface area contributed by atoms with Crippen molar-refractivity contribution in [3.63, 3.8) is 0 Å². The molecule has 0 aliphatic heterocycles. The van der Waals surface area contributed by atoms with Crippen molar-refractivity contribution in [1.82, 2.24) is 0 Å². The number of ether oxygens (including phenoxy) is 2. The van der Waals surface area contributed by atoms with Gasteiger partial charge in [-0.3, -0.25) is 23.4 Å². The Balaban J connectivity index is 4.32. The average molecular weight is 802 g/mol. The fraction of sp³-hybridized carbons (Fsp3) is 0.837. The van der Waals surface area contributed by atoms with E-state index in [9.17, 15) is 23.8 Å². The zero-order valence-corrected chi connectivity index (χ0v) is 35.7. The molecule has 11 nitrogen and oxygen atoms in total. The van der Waals surface area contributed by atoms with Gasteiger partial charge in [-0.1, -0.05) is 167 Å². The molecule has 0 fully saturated rings. The van der Waals surface area contributed by atoms with E-state index in [0.717, 1.165) is 51.4 Å². The summed E-state index contributed by atoms with van der Waals surface area (Å²) in [6.45, 7) is 2.78. The standard InChI is InChI=1S/C43H80NO10P/c1-3-5-7-9-11-13-15-17-18-19-20-21-22-23-25-27-29-31-33-35-42(46)54-39(37-52-55(49,50)53-38-40(44)43(47)48)36-51-41(45)34-32-30-28-26-24-16-14-12-10-8-6-4-2/h11,13,17-18,39-40H,3-10,12,14-16,19-38,44H2,1-2H3,(H,47,48)(H,49,50)/b13-11-,18-17-/t39-,40+/m1/s1. The molecule has 0 saturated heterocycles. The molecule has 0 rings (SSSR count). The highest BCUT2D eigenvalue weighted by molar-refractivity contribution is 7.47. The van der Waals surface area contributed by atoms with Crippen LogP contribution in [0.25, 0.3) is 0 Å². The zero-order chi connectivity index (χ0) is 40.7. The topological polar surface area (TPSA) is 172 Å². The molecule has 0 aromatic carbocycles. The summed E-state index contributed by atoms with van der Waals surface area (Å²) in [7, 11) is -4.71.